The molecule has 174 valence electrons. The van der Waals surface area contributed by atoms with E-state index in [1.54, 1.807) is 19.4 Å². The topological polar surface area (TPSA) is 63.9 Å². The van der Waals surface area contributed by atoms with Gasteiger partial charge in [-0.15, -0.1) is 0 Å². The lowest BCUT2D eigenvalue weighted by atomic mass is 9.99. The quantitative estimate of drug-likeness (QED) is 0.401. The first-order chi connectivity index (χ1) is 16.0. The average molecular weight is 449 g/mol. The number of ether oxygens (including phenoxy) is 2. The molecule has 0 unspecified atom stereocenters. The summed E-state index contributed by atoms with van der Waals surface area (Å²) in [6.45, 7) is 9.15. The number of benzene rings is 2. The summed E-state index contributed by atoms with van der Waals surface area (Å²) in [5.74, 6) is 0.587. The van der Waals surface area contributed by atoms with E-state index in [1.165, 1.54) is 5.56 Å². The molecule has 6 nitrogen and oxygen atoms in total. The first-order valence-corrected chi connectivity index (χ1v) is 11.5. The van der Waals surface area contributed by atoms with Gasteiger partial charge in [-0.2, -0.15) is 0 Å². The Kier molecular flexibility index (Phi) is 7.47. The number of hydrogen-bond donors (Lipinski definition) is 1. The summed E-state index contributed by atoms with van der Waals surface area (Å²) in [4.78, 5) is 14.9. The van der Waals surface area contributed by atoms with E-state index < -0.39 is 0 Å². The van der Waals surface area contributed by atoms with E-state index in [4.69, 9.17) is 13.9 Å². The van der Waals surface area contributed by atoms with Crippen LogP contribution in [0.4, 0.5) is 0 Å². The minimum atomic E-state index is -0.0948. The van der Waals surface area contributed by atoms with Crippen LogP contribution in [-0.2, 0) is 9.53 Å². The molecule has 2 aromatic carbocycles. The number of methoxy groups -OCH3 is 1. The first-order valence-electron chi connectivity index (χ1n) is 11.5. The molecule has 0 bridgehead atoms. The Morgan fingerprint density at radius 2 is 1.94 bits per heavy atom. The van der Waals surface area contributed by atoms with E-state index in [0.29, 0.717) is 12.3 Å². The number of carbonyl (C=O) groups excluding carboxylic acids is 1. The lowest BCUT2D eigenvalue weighted by Gasteiger charge is -2.26. The van der Waals surface area contributed by atoms with Crippen molar-refractivity contribution in [2.75, 3.05) is 46.5 Å². The molecule has 2 heterocycles. The first kappa shape index (κ1) is 23.1. The molecule has 33 heavy (non-hydrogen) atoms. The fourth-order valence-electron chi connectivity index (χ4n) is 4.15. The molecule has 1 aliphatic rings. The highest BCUT2D eigenvalue weighted by atomic mass is 16.5. The van der Waals surface area contributed by atoms with Gasteiger partial charge in [-0.25, -0.2) is 0 Å². The van der Waals surface area contributed by atoms with Crippen molar-refractivity contribution in [1.82, 2.24) is 10.2 Å². The van der Waals surface area contributed by atoms with Crippen molar-refractivity contribution in [3.8, 4) is 16.9 Å². The number of rotatable bonds is 8. The fraction of sp³-hybridized carbons (Fsp3) is 0.370. The van der Waals surface area contributed by atoms with Gasteiger partial charge in [-0.05, 0) is 44.0 Å². The van der Waals surface area contributed by atoms with E-state index in [9.17, 15) is 4.79 Å². The van der Waals surface area contributed by atoms with Gasteiger partial charge < -0.3 is 19.2 Å². The zero-order chi connectivity index (χ0) is 23.2. The molecule has 1 N–H and O–H groups in total. The summed E-state index contributed by atoms with van der Waals surface area (Å²) >= 11 is 0. The van der Waals surface area contributed by atoms with Crippen molar-refractivity contribution in [3.05, 3.63) is 59.9 Å². The summed E-state index contributed by atoms with van der Waals surface area (Å²) in [6.07, 6.45) is 4.34. The van der Waals surface area contributed by atoms with Crippen LogP contribution < -0.4 is 10.1 Å². The van der Waals surface area contributed by atoms with Gasteiger partial charge in [0.25, 0.3) is 0 Å². The van der Waals surface area contributed by atoms with E-state index in [-0.39, 0.29) is 5.91 Å². The van der Waals surface area contributed by atoms with Gasteiger partial charge in [0.2, 0.25) is 5.91 Å². The molecule has 0 aliphatic carbocycles. The Morgan fingerprint density at radius 3 is 2.67 bits per heavy atom. The van der Waals surface area contributed by atoms with Gasteiger partial charge in [-0.3, -0.25) is 9.69 Å². The van der Waals surface area contributed by atoms with Crippen molar-refractivity contribution in [3.63, 3.8) is 0 Å². The molecule has 0 spiro atoms. The number of hydrogen-bond acceptors (Lipinski definition) is 5. The molecule has 1 fully saturated rings. The summed E-state index contributed by atoms with van der Waals surface area (Å²) in [5, 5.41) is 4.00. The van der Waals surface area contributed by atoms with Gasteiger partial charge in [0.05, 0.1) is 26.6 Å². The van der Waals surface area contributed by atoms with Gasteiger partial charge in [0.1, 0.15) is 11.3 Å². The van der Waals surface area contributed by atoms with Crippen LogP contribution in [0, 0.1) is 6.92 Å². The minimum absolute atomic E-state index is 0.0948. The van der Waals surface area contributed by atoms with Crippen LogP contribution in [0.25, 0.3) is 27.7 Å². The zero-order valence-corrected chi connectivity index (χ0v) is 19.6. The lowest BCUT2D eigenvalue weighted by molar-refractivity contribution is -0.116. The number of allylic oxidation sites excluding steroid dienone is 1. The Hall–Kier alpha value is -3.09. The SMILES string of the molecule is COc1cc2occ(-c3ccc(C)cc3)c2cc1/C(C)=C/C(=O)NCCCN1CCOCC1. The molecule has 0 atom stereocenters. The van der Waals surface area contributed by atoms with E-state index in [2.05, 4.69) is 41.4 Å². The molecule has 1 aromatic heterocycles. The molecule has 1 aliphatic heterocycles. The monoisotopic (exact) mass is 448 g/mol. The number of amides is 1. The highest BCUT2D eigenvalue weighted by Crippen LogP contribution is 2.37. The number of morpholine rings is 1. The van der Waals surface area contributed by atoms with Crippen molar-refractivity contribution in [1.29, 1.82) is 0 Å². The molecule has 0 radical (unpaired) electrons. The highest BCUT2D eigenvalue weighted by molar-refractivity contribution is 6.00. The predicted octanol–water partition coefficient (Wildman–Crippen LogP) is 4.66. The maximum atomic E-state index is 12.5. The molecule has 1 amide bonds. The molecular formula is C27H32N2O4. The van der Waals surface area contributed by atoms with Crippen LogP contribution in [0.3, 0.4) is 0 Å². The Morgan fingerprint density at radius 1 is 1.18 bits per heavy atom. The standard InChI is InChI=1S/C27H32N2O4/c1-19-5-7-21(8-6-19)24-18-33-26-17-25(31-3)22(16-23(24)26)20(2)15-27(30)28-9-4-10-29-11-13-32-14-12-29/h5-8,15-18H,4,9-14H2,1-3H3,(H,28,30)/b20-15+. The van der Waals surface area contributed by atoms with Crippen LogP contribution in [0.1, 0.15) is 24.5 Å². The molecule has 0 saturated carbocycles. The number of furan rings is 1. The second kappa shape index (κ2) is 10.7. The van der Waals surface area contributed by atoms with Crippen LogP contribution in [0.15, 0.2) is 53.2 Å². The molecular weight excluding hydrogens is 416 g/mol. The summed E-state index contributed by atoms with van der Waals surface area (Å²) in [7, 11) is 1.63. The average Bonchev–Trinajstić information content (AvgIpc) is 3.25. The summed E-state index contributed by atoms with van der Waals surface area (Å²) < 4.78 is 16.8. The van der Waals surface area contributed by atoms with Crippen molar-refractivity contribution >= 4 is 22.4 Å². The number of fused-ring (bicyclic) bond motifs is 1. The smallest absolute Gasteiger partial charge is 0.244 e. The van der Waals surface area contributed by atoms with Crippen LogP contribution in [-0.4, -0.2) is 57.3 Å². The third-order valence-electron chi connectivity index (χ3n) is 6.08. The Bertz CT molecular complexity index is 1120. The van der Waals surface area contributed by atoms with Gasteiger partial charge in [-0.1, -0.05) is 29.8 Å². The second-order valence-corrected chi connectivity index (χ2v) is 8.49. The zero-order valence-electron chi connectivity index (χ0n) is 19.6. The van der Waals surface area contributed by atoms with E-state index >= 15 is 0 Å². The van der Waals surface area contributed by atoms with Crippen LogP contribution in [0.2, 0.25) is 0 Å². The number of nitrogens with one attached hydrogen (secondary N) is 1. The maximum Gasteiger partial charge on any atom is 0.244 e. The Balaban J connectivity index is 1.48. The number of carbonyl (C=O) groups is 1. The lowest BCUT2D eigenvalue weighted by Crippen LogP contribution is -2.38. The largest absolute Gasteiger partial charge is 0.496 e. The van der Waals surface area contributed by atoms with Crippen LogP contribution >= 0.6 is 0 Å². The summed E-state index contributed by atoms with van der Waals surface area (Å²) in [5.41, 5.74) is 5.80. The Labute approximate surface area is 195 Å². The van der Waals surface area contributed by atoms with Crippen LogP contribution in [0.5, 0.6) is 5.75 Å². The fourth-order valence-corrected chi connectivity index (χ4v) is 4.15. The third-order valence-corrected chi connectivity index (χ3v) is 6.08. The van der Waals surface area contributed by atoms with Crippen molar-refractivity contribution < 1.29 is 18.7 Å². The van der Waals surface area contributed by atoms with E-state index in [0.717, 1.165) is 72.5 Å². The molecule has 4 rings (SSSR count). The maximum absolute atomic E-state index is 12.5. The van der Waals surface area contributed by atoms with Gasteiger partial charge in [0.15, 0.2) is 0 Å². The number of nitrogens with zero attached hydrogens (tertiary/aromatic N) is 1. The van der Waals surface area contributed by atoms with E-state index in [1.807, 2.05) is 19.1 Å². The molecule has 6 heteroatoms. The van der Waals surface area contributed by atoms with Gasteiger partial charge in [0, 0.05) is 48.3 Å². The normalized spacial score (nSPS) is 15.1. The predicted molar refractivity (Wildman–Crippen MR) is 131 cm³/mol. The summed E-state index contributed by atoms with van der Waals surface area (Å²) in [6, 6.07) is 12.3. The molecule has 1 saturated heterocycles. The van der Waals surface area contributed by atoms with Crippen molar-refractivity contribution in [2.24, 2.45) is 0 Å². The van der Waals surface area contributed by atoms with Crippen molar-refractivity contribution in [2.45, 2.75) is 20.3 Å². The third kappa shape index (κ3) is 5.64. The minimum Gasteiger partial charge on any atom is -0.496 e. The van der Waals surface area contributed by atoms with Gasteiger partial charge >= 0.3 is 0 Å². The number of aryl methyl sites for hydroxylation is 1. The highest BCUT2D eigenvalue weighted by Gasteiger charge is 2.15. The second-order valence-electron chi connectivity index (χ2n) is 8.49. The molecule has 3 aromatic rings.